The van der Waals surface area contributed by atoms with Crippen LogP contribution in [0.2, 0.25) is 10.0 Å². The highest BCUT2D eigenvalue weighted by atomic mass is 35.5. The zero-order valence-corrected chi connectivity index (χ0v) is 13.8. The minimum Gasteiger partial charge on any atom is -0.307 e. The van der Waals surface area contributed by atoms with Gasteiger partial charge in [-0.2, -0.15) is 9.61 Å². The van der Waals surface area contributed by atoms with E-state index >= 15 is 0 Å². The number of aromatic nitrogens is 4. The summed E-state index contributed by atoms with van der Waals surface area (Å²) in [5, 5.41) is 17.9. The summed E-state index contributed by atoms with van der Waals surface area (Å²) >= 11 is 12.3. The summed E-state index contributed by atoms with van der Waals surface area (Å²) in [5.74, 6) is 0.853. The molecule has 0 bridgehead atoms. The van der Waals surface area contributed by atoms with E-state index in [1.165, 1.54) is 12.8 Å². The second-order valence-electron chi connectivity index (χ2n) is 5.67. The summed E-state index contributed by atoms with van der Waals surface area (Å²) in [4.78, 5) is 0. The Morgan fingerprint density at radius 1 is 1.09 bits per heavy atom. The van der Waals surface area contributed by atoms with E-state index in [4.69, 9.17) is 28.3 Å². The van der Waals surface area contributed by atoms with Crippen molar-refractivity contribution in [2.45, 2.75) is 25.3 Å². The minimum absolute atomic E-state index is 0.196. The average Bonchev–Trinajstić information content (AvgIpc) is 2.99. The van der Waals surface area contributed by atoms with Gasteiger partial charge in [0, 0.05) is 10.6 Å². The van der Waals surface area contributed by atoms with Crippen molar-refractivity contribution in [1.82, 2.24) is 25.1 Å². The SMILES string of the molecule is Clc1ccc(-c2ccc3nnc([C@H]4CCCCN4)n3n2)c(Cl)c1. The molecule has 2 aromatic heterocycles. The standard InChI is InChI=1S/C16H15Cl2N5/c17-10-4-5-11(12(18)9-10)13-6-7-15-20-21-16(23(15)22-13)14-3-1-2-8-19-14/h4-7,9,14,19H,1-3,8H2/t14-/m1/s1. The molecule has 0 unspecified atom stereocenters. The fourth-order valence-electron chi connectivity index (χ4n) is 2.94. The van der Waals surface area contributed by atoms with Crippen LogP contribution in [0.4, 0.5) is 0 Å². The second kappa shape index (κ2) is 6.07. The van der Waals surface area contributed by atoms with Gasteiger partial charge in [-0.05, 0) is 49.7 Å². The fraction of sp³-hybridized carbons (Fsp3) is 0.312. The molecule has 1 aromatic carbocycles. The smallest absolute Gasteiger partial charge is 0.178 e. The van der Waals surface area contributed by atoms with Crippen LogP contribution in [0.3, 0.4) is 0 Å². The molecule has 1 fully saturated rings. The van der Waals surface area contributed by atoms with Crippen LogP contribution in [0.1, 0.15) is 31.1 Å². The molecule has 0 radical (unpaired) electrons. The number of halogens is 2. The maximum Gasteiger partial charge on any atom is 0.178 e. The monoisotopic (exact) mass is 347 g/mol. The highest BCUT2D eigenvalue weighted by Gasteiger charge is 2.21. The Bertz CT molecular complexity index is 855. The van der Waals surface area contributed by atoms with Crippen molar-refractivity contribution in [3.63, 3.8) is 0 Å². The predicted molar refractivity (Wildman–Crippen MR) is 90.8 cm³/mol. The van der Waals surface area contributed by atoms with Crippen LogP contribution in [-0.2, 0) is 0 Å². The first-order chi connectivity index (χ1) is 11.2. The van der Waals surface area contributed by atoms with Crippen LogP contribution < -0.4 is 5.32 Å². The molecule has 1 aliphatic rings. The average molecular weight is 348 g/mol. The normalized spacial score (nSPS) is 18.4. The van der Waals surface area contributed by atoms with Crippen LogP contribution in [0.5, 0.6) is 0 Å². The molecule has 0 amide bonds. The van der Waals surface area contributed by atoms with Gasteiger partial charge < -0.3 is 5.32 Å². The van der Waals surface area contributed by atoms with Crippen molar-refractivity contribution in [3.8, 4) is 11.3 Å². The van der Waals surface area contributed by atoms with Gasteiger partial charge in [0.15, 0.2) is 11.5 Å². The van der Waals surface area contributed by atoms with Crippen molar-refractivity contribution >= 4 is 28.8 Å². The van der Waals surface area contributed by atoms with Crippen LogP contribution in [0.25, 0.3) is 16.9 Å². The summed E-state index contributed by atoms with van der Waals surface area (Å²) in [6.45, 7) is 1.00. The molecule has 5 nitrogen and oxygen atoms in total. The lowest BCUT2D eigenvalue weighted by molar-refractivity contribution is 0.392. The third-order valence-electron chi connectivity index (χ3n) is 4.12. The summed E-state index contributed by atoms with van der Waals surface area (Å²) in [5.41, 5.74) is 2.35. The van der Waals surface area contributed by atoms with E-state index in [1.807, 2.05) is 28.8 Å². The molecule has 1 atom stereocenters. The van der Waals surface area contributed by atoms with Gasteiger partial charge in [0.2, 0.25) is 0 Å². The van der Waals surface area contributed by atoms with E-state index in [1.54, 1.807) is 6.07 Å². The molecular weight excluding hydrogens is 333 g/mol. The predicted octanol–water partition coefficient (Wildman–Crippen LogP) is 3.91. The van der Waals surface area contributed by atoms with Gasteiger partial charge in [-0.25, -0.2) is 0 Å². The Labute approximate surface area is 143 Å². The van der Waals surface area contributed by atoms with Crippen molar-refractivity contribution in [2.24, 2.45) is 0 Å². The Balaban J connectivity index is 1.80. The lowest BCUT2D eigenvalue weighted by atomic mass is 10.0. The Morgan fingerprint density at radius 3 is 2.78 bits per heavy atom. The molecule has 1 aliphatic heterocycles. The van der Waals surface area contributed by atoms with E-state index in [0.717, 1.165) is 35.7 Å². The first-order valence-electron chi connectivity index (χ1n) is 7.63. The van der Waals surface area contributed by atoms with Crippen LogP contribution in [0.15, 0.2) is 30.3 Å². The summed E-state index contributed by atoms with van der Waals surface area (Å²) in [6, 6.07) is 9.41. The summed E-state index contributed by atoms with van der Waals surface area (Å²) in [7, 11) is 0. The van der Waals surface area contributed by atoms with Gasteiger partial charge >= 0.3 is 0 Å². The van der Waals surface area contributed by atoms with Gasteiger partial charge in [0.05, 0.1) is 16.8 Å². The number of nitrogens with zero attached hydrogens (tertiary/aromatic N) is 4. The van der Waals surface area contributed by atoms with E-state index in [-0.39, 0.29) is 6.04 Å². The van der Waals surface area contributed by atoms with Crippen molar-refractivity contribution in [3.05, 3.63) is 46.2 Å². The number of hydrogen-bond acceptors (Lipinski definition) is 4. The Hall–Kier alpha value is -1.69. The molecule has 118 valence electrons. The number of nitrogens with one attached hydrogen (secondary N) is 1. The van der Waals surface area contributed by atoms with Gasteiger partial charge in [-0.3, -0.25) is 0 Å². The quantitative estimate of drug-likeness (QED) is 0.763. The zero-order chi connectivity index (χ0) is 15.8. The molecule has 0 aliphatic carbocycles. The van der Waals surface area contributed by atoms with Gasteiger partial charge in [-0.15, -0.1) is 10.2 Å². The van der Waals surface area contributed by atoms with Crippen molar-refractivity contribution in [2.75, 3.05) is 6.54 Å². The molecule has 0 spiro atoms. The lowest BCUT2D eigenvalue weighted by Gasteiger charge is -2.21. The first-order valence-corrected chi connectivity index (χ1v) is 8.39. The van der Waals surface area contributed by atoms with E-state index in [2.05, 4.69) is 15.5 Å². The lowest BCUT2D eigenvalue weighted by Crippen LogP contribution is -2.28. The molecule has 0 saturated carbocycles. The summed E-state index contributed by atoms with van der Waals surface area (Å²) in [6.07, 6.45) is 3.44. The molecule has 4 rings (SSSR count). The highest BCUT2D eigenvalue weighted by Crippen LogP contribution is 2.29. The zero-order valence-electron chi connectivity index (χ0n) is 12.3. The molecule has 1 saturated heterocycles. The van der Waals surface area contributed by atoms with Crippen LogP contribution in [-0.4, -0.2) is 26.4 Å². The van der Waals surface area contributed by atoms with Crippen molar-refractivity contribution < 1.29 is 0 Å². The van der Waals surface area contributed by atoms with E-state index in [9.17, 15) is 0 Å². The van der Waals surface area contributed by atoms with Crippen LogP contribution in [0, 0.1) is 0 Å². The molecular formula is C16H15Cl2N5. The molecule has 3 heterocycles. The fourth-order valence-corrected chi connectivity index (χ4v) is 3.44. The highest BCUT2D eigenvalue weighted by molar-refractivity contribution is 6.36. The largest absolute Gasteiger partial charge is 0.307 e. The topological polar surface area (TPSA) is 55.1 Å². The van der Waals surface area contributed by atoms with Gasteiger partial charge in [-0.1, -0.05) is 29.6 Å². The first kappa shape index (κ1) is 14.9. The second-order valence-corrected chi connectivity index (χ2v) is 6.52. The molecule has 1 N–H and O–H groups in total. The Kier molecular flexibility index (Phi) is 3.93. The maximum atomic E-state index is 6.30. The molecule has 23 heavy (non-hydrogen) atoms. The third-order valence-corrected chi connectivity index (χ3v) is 4.66. The van der Waals surface area contributed by atoms with Crippen molar-refractivity contribution in [1.29, 1.82) is 0 Å². The number of rotatable bonds is 2. The number of benzene rings is 1. The number of fused-ring (bicyclic) bond motifs is 1. The minimum atomic E-state index is 0.196. The van der Waals surface area contributed by atoms with Crippen LogP contribution >= 0.6 is 23.2 Å². The van der Waals surface area contributed by atoms with Gasteiger partial charge in [0.1, 0.15) is 0 Å². The maximum absolute atomic E-state index is 6.30. The number of piperidine rings is 1. The summed E-state index contributed by atoms with van der Waals surface area (Å²) < 4.78 is 1.81. The third kappa shape index (κ3) is 2.80. The Morgan fingerprint density at radius 2 is 2.00 bits per heavy atom. The van der Waals surface area contributed by atoms with E-state index in [0.29, 0.717) is 10.0 Å². The molecule has 3 aromatic rings. The van der Waals surface area contributed by atoms with E-state index < -0.39 is 0 Å². The molecule has 7 heteroatoms. The van der Waals surface area contributed by atoms with Gasteiger partial charge in [0.25, 0.3) is 0 Å². The number of hydrogen-bond donors (Lipinski definition) is 1.